The third-order valence-corrected chi connectivity index (χ3v) is 8.10. The zero-order valence-electron chi connectivity index (χ0n) is 29.6. The van der Waals surface area contributed by atoms with E-state index >= 15 is 0 Å². The molecule has 0 aromatic heterocycles. The molecule has 0 bridgehead atoms. The van der Waals surface area contributed by atoms with Crippen LogP contribution in [-0.2, 0) is 19.1 Å². The zero-order chi connectivity index (χ0) is 32.9. The Morgan fingerprint density at radius 1 is 0.467 bits per heavy atom. The van der Waals surface area contributed by atoms with E-state index in [-0.39, 0.29) is 25.2 Å². The Balaban J connectivity index is 3.47. The molecule has 5 heteroatoms. The number of carbonyl (C=O) groups excluding carboxylic acids is 2. The van der Waals surface area contributed by atoms with E-state index in [9.17, 15) is 14.7 Å². The minimum absolute atomic E-state index is 0.122. The average Bonchev–Trinajstić information content (AvgIpc) is 3.04. The number of allylic oxidation sites excluding steroid dienone is 6. The molecule has 262 valence electrons. The first-order valence-corrected chi connectivity index (χ1v) is 19.0. The minimum Gasteiger partial charge on any atom is -0.463 e. The quantitative estimate of drug-likeness (QED) is 0.0434. The first kappa shape index (κ1) is 43.1. The lowest BCUT2D eigenvalue weighted by Gasteiger charge is -2.12. The van der Waals surface area contributed by atoms with Gasteiger partial charge in [-0.15, -0.1) is 0 Å². The normalized spacial score (nSPS) is 12.5. The molecule has 0 fully saturated rings. The van der Waals surface area contributed by atoms with E-state index in [1.54, 1.807) is 0 Å². The SMILES string of the molecule is CCCCCC/C=C\C/C=C\CCCCCCCC(=O)OC[C@H](O)COC(=O)CCCCCCCCC/C=C\CCCCCC. The number of esters is 2. The van der Waals surface area contributed by atoms with Crippen LogP contribution in [0.5, 0.6) is 0 Å². The molecule has 0 saturated heterocycles. The predicted molar refractivity (Wildman–Crippen MR) is 191 cm³/mol. The fraction of sp³-hybridized carbons (Fsp3) is 0.800. The average molecular weight is 633 g/mol. The lowest BCUT2D eigenvalue weighted by atomic mass is 10.1. The van der Waals surface area contributed by atoms with E-state index < -0.39 is 6.10 Å². The van der Waals surface area contributed by atoms with E-state index in [0.717, 1.165) is 51.4 Å². The van der Waals surface area contributed by atoms with E-state index in [4.69, 9.17) is 9.47 Å². The molecule has 0 aromatic rings. The van der Waals surface area contributed by atoms with Crippen molar-refractivity contribution in [1.29, 1.82) is 0 Å². The highest BCUT2D eigenvalue weighted by Crippen LogP contribution is 2.12. The molecule has 0 rings (SSSR count). The van der Waals surface area contributed by atoms with Crippen LogP contribution in [0.15, 0.2) is 36.5 Å². The summed E-state index contributed by atoms with van der Waals surface area (Å²) in [6.45, 7) is 4.25. The molecule has 0 saturated carbocycles. The number of aliphatic hydroxyl groups excluding tert-OH is 1. The Morgan fingerprint density at radius 2 is 0.778 bits per heavy atom. The van der Waals surface area contributed by atoms with Crippen LogP contribution in [0.3, 0.4) is 0 Å². The topological polar surface area (TPSA) is 72.8 Å². The fourth-order valence-electron chi connectivity index (χ4n) is 5.17. The second-order valence-electron chi connectivity index (χ2n) is 12.7. The van der Waals surface area contributed by atoms with Crippen LogP contribution in [0.1, 0.15) is 187 Å². The van der Waals surface area contributed by atoms with Crippen molar-refractivity contribution in [3.63, 3.8) is 0 Å². The number of ether oxygens (including phenoxy) is 2. The lowest BCUT2D eigenvalue weighted by molar-refractivity contribution is -0.152. The van der Waals surface area contributed by atoms with Crippen LogP contribution in [0.2, 0.25) is 0 Å². The van der Waals surface area contributed by atoms with Gasteiger partial charge in [0.2, 0.25) is 0 Å². The summed E-state index contributed by atoms with van der Waals surface area (Å²) in [5.74, 6) is -0.585. The van der Waals surface area contributed by atoms with E-state index in [1.165, 1.54) is 109 Å². The van der Waals surface area contributed by atoms with Crippen molar-refractivity contribution in [2.45, 2.75) is 193 Å². The van der Waals surface area contributed by atoms with E-state index in [0.29, 0.717) is 12.8 Å². The molecule has 1 atom stereocenters. The predicted octanol–water partition coefficient (Wildman–Crippen LogP) is 11.7. The van der Waals surface area contributed by atoms with Gasteiger partial charge >= 0.3 is 11.9 Å². The van der Waals surface area contributed by atoms with Crippen LogP contribution in [0, 0.1) is 0 Å². The molecule has 45 heavy (non-hydrogen) atoms. The maximum absolute atomic E-state index is 11.9. The molecule has 1 N–H and O–H groups in total. The molecular formula is C40H72O5. The van der Waals surface area contributed by atoms with Crippen LogP contribution in [0.25, 0.3) is 0 Å². The van der Waals surface area contributed by atoms with Gasteiger partial charge in [0.1, 0.15) is 19.3 Å². The molecule has 0 heterocycles. The van der Waals surface area contributed by atoms with Crippen molar-refractivity contribution < 1.29 is 24.2 Å². The van der Waals surface area contributed by atoms with E-state index in [1.807, 2.05) is 0 Å². The smallest absolute Gasteiger partial charge is 0.305 e. The fourth-order valence-corrected chi connectivity index (χ4v) is 5.17. The van der Waals surface area contributed by atoms with E-state index in [2.05, 4.69) is 50.3 Å². The van der Waals surface area contributed by atoms with Crippen LogP contribution < -0.4 is 0 Å². The number of rotatable bonds is 34. The van der Waals surface area contributed by atoms with Crippen molar-refractivity contribution in [2.24, 2.45) is 0 Å². The van der Waals surface area contributed by atoms with Gasteiger partial charge in [-0.3, -0.25) is 9.59 Å². The highest BCUT2D eigenvalue weighted by atomic mass is 16.6. The Hall–Kier alpha value is -1.88. The summed E-state index contributed by atoms with van der Waals surface area (Å²) >= 11 is 0. The summed E-state index contributed by atoms with van der Waals surface area (Å²) in [4.78, 5) is 23.9. The molecule has 0 spiro atoms. The van der Waals surface area contributed by atoms with Gasteiger partial charge in [0, 0.05) is 12.8 Å². The van der Waals surface area contributed by atoms with Crippen molar-refractivity contribution >= 4 is 11.9 Å². The summed E-state index contributed by atoms with van der Waals surface area (Å²) < 4.78 is 10.3. The number of unbranched alkanes of at least 4 members (excludes halogenated alkanes) is 20. The molecule has 0 unspecified atom stereocenters. The molecule has 0 amide bonds. The lowest BCUT2D eigenvalue weighted by Crippen LogP contribution is -2.25. The Labute approximate surface area is 278 Å². The van der Waals surface area contributed by atoms with Gasteiger partial charge in [-0.25, -0.2) is 0 Å². The minimum atomic E-state index is -0.969. The Morgan fingerprint density at radius 3 is 1.16 bits per heavy atom. The molecule has 5 nitrogen and oxygen atoms in total. The Kier molecular flexibility index (Phi) is 35.1. The monoisotopic (exact) mass is 633 g/mol. The zero-order valence-corrected chi connectivity index (χ0v) is 29.6. The second-order valence-corrected chi connectivity index (χ2v) is 12.7. The Bertz CT molecular complexity index is 726. The third-order valence-electron chi connectivity index (χ3n) is 8.10. The molecular weight excluding hydrogens is 560 g/mol. The maximum Gasteiger partial charge on any atom is 0.305 e. The van der Waals surface area contributed by atoms with Crippen molar-refractivity contribution in [2.75, 3.05) is 13.2 Å². The van der Waals surface area contributed by atoms with Gasteiger partial charge in [0.15, 0.2) is 0 Å². The molecule has 0 aliphatic carbocycles. The van der Waals surface area contributed by atoms with Crippen molar-refractivity contribution in [3.05, 3.63) is 36.5 Å². The van der Waals surface area contributed by atoms with Gasteiger partial charge < -0.3 is 14.6 Å². The van der Waals surface area contributed by atoms with Gasteiger partial charge in [0.05, 0.1) is 0 Å². The summed E-state index contributed by atoms with van der Waals surface area (Å²) in [7, 11) is 0. The number of aliphatic hydroxyl groups is 1. The van der Waals surface area contributed by atoms with Crippen LogP contribution >= 0.6 is 0 Å². The molecule has 0 radical (unpaired) electrons. The number of hydrogen-bond acceptors (Lipinski definition) is 5. The second kappa shape index (κ2) is 36.6. The molecule has 0 aliphatic rings. The summed E-state index contributed by atoms with van der Waals surface area (Å²) in [5.41, 5.74) is 0. The molecule has 0 aliphatic heterocycles. The van der Waals surface area contributed by atoms with Crippen LogP contribution in [0.4, 0.5) is 0 Å². The summed E-state index contributed by atoms with van der Waals surface area (Å²) in [5, 5.41) is 10.00. The summed E-state index contributed by atoms with van der Waals surface area (Å²) in [6.07, 6.45) is 43.3. The standard InChI is InChI=1S/C40H72O5/c1-3-5-7-9-11-13-15-17-19-21-23-25-27-29-31-33-35-40(43)45-37-38(41)36-44-39(42)34-32-30-28-26-24-22-20-18-16-14-12-10-8-6-4-2/h13-16,19,21,38,41H,3-12,17-18,20,22-37H2,1-2H3/b15-13-,16-14-,21-19-/t38-/m1/s1. The summed E-state index contributed by atoms with van der Waals surface area (Å²) in [6, 6.07) is 0. The highest BCUT2D eigenvalue weighted by molar-refractivity contribution is 5.69. The van der Waals surface area contributed by atoms with Gasteiger partial charge in [-0.1, -0.05) is 140 Å². The third kappa shape index (κ3) is 36.5. The molecule has 0 aromatic carbocycles. The maximum atomic E-state index is 11.9. The number of hydrogen-bond donors (Lipinski definition) is 1. The van der Waals surface area contributed by atoms with Gasteiger partial charge in [0.25, 0.3) is 0 Å². The highest BCUT2D eigenvalue weighted by Gasteiger charge is 2.12. The largest absolute Gasteiger partial charge is 0.463 e. The van der Waals surface area contributed by atoms with Crippen molar-refractivity contribution in [3.8, 4) is 0 Å². The number of carbonyl (C=O) groups is 2. The first-order valence-electron chi connectivity index (χ1n) is 19.0. The van der Waals surface area contributed by atoms with Gasteiger partial charge in [-0.2, -0.15) is 0 Å². The van der Waals surface area contributed by atoms with Gasteiger partial charge in [-0.05, 0) is 70.6 Å². The first-order chi connectivity index (χ1) is 22.1. The van der Waals surface area contributed by atoms with Crippen molar-refractivity contribution in [1.82, 2.24) is 0 Å². The van der Waals surface area contributed by atoms with Crippen LogP contribution in [-0.4, -0.2) is 36.4 Å².